The number of halogens is 2. The zero-order valence-electron chi connectivity index (χ0n) is 15.9. The van der Waals surface area contributed by atoms with Crippen molar-refractivity contribution in [1.29, 1.82) is 5.26 Å². The molecular weight excluding hydrogens is 522 g/mol. The summed E-state index contributed by atoms with van der Waals surface area (Å²) in [6.45, 7) is 1.30. The van der Waals surface area contributed by atoms with Crippen LogP contribution in [0.25, 0.3) is 10.9 Å². The number of aromatic nitrogens is 2. The fourth-order valence-corrected chi connectivity index (χ4v) is 3.85. The molecule has 2 N–H and O–H groups in total. The Morgan fingerprint density at radius 3 is 2.80 bits per heavy atom. The van der Waals surface area contributed by atoms with Gasteiger partial charge in [0.1, 0.15) is 18.2 Å². The highest BCUT2D eigenvalue weighted by molar-refractivity contribution is 9.10. The summed E-state index contributed by atoms with van der Waals surface area (Å²) in [5.41, 5.74) is 0.875. The van der Waals surface area contributed by atoms with E-state index in [9.17, 15) is 20.0 Å². The number of azo groups is 1. The minimum Gasteiger partial charge on any atom is -0.493 e. The molecule has 2 heterocycles. The van der Waals surface area contributed by atoms with Crippen LogP contribution >= 0.6 is 31.9 Å². The molecule has 2 aromatic heterocycles. The summed E-state index contributed by atoms with van der Waals surface area (Å²) in [4.78, 5) is 27.8. The average molecular weight is 537 g/mol. The Kier molecular flexibility index (Phi) is 6.50. The maximum absolute atomic E-state index is 12.7. The molecular formula is C19H15Br2N5O4. The highest BCUT2D eigenvalue weighted by Gasteiger charge is 2.20. The number of amides is 1. The van der Waals surface area contributed by atoms with E-state index in [2.05, 4.69) is 47.1 Å². The Morgan fingerprint density at radius 1 is 1.40 bits per heavy atom. The number of hydrogen-bond acceptors (Lipinski definition) is 6. The van der Waals surface area contributed by atoms with Crippen LogP contribution in [0.5, 0.6) is 5.88 Å². The molecule has 9 nitrogen and oxygen atoms in total. The standard InChI is InChI=1S/C19H15Br2N5O4/c1-9-16(21)13(8-30-2)12(6-22)19(29)26(9)7-15(27)24-25-17-11-5-10(20)3-4-14(11)23-18(17)28/h3-5,23,28H,7-8H2,1-2H3. The number of nitrogens with one attached hydrogen (secondary N) is 1. The second kappa shape index (κ2) is 8.91. The summed E-state index contributed by atoms with van der Waals surface area (Å²) in [5.74, 6) is -0.953. The third kappa shape index (κ3) is 4.07. The topological polar surface area (TPSA) is 133 Å². The maximum atomic E-state index is 12.7. The van der Waals surface area contributed by atoms with Crippen LogP contribution in [0.3, 0.4) is 0 Å². The minimum atomic E-state index is -0.723. The van der Waals surface area contributed by atoms with Crippen LogP contribution in [0.4, 0.5) is 5.69 Å². The Bertz CT molecular complexity index is 1290. The van der Waals surface area contributed by atoms with E-state index in [1.54, 1.807) is 25.1 Å². The van der Waals surface area contributed by atoms with Gasteiger partial charge >= 0.3 is 0 Å². The fourth-order valence-electron chi connectivity index (χ4n) is 2.96. The quantitative estimate of drug-likeness (QED) is 0.471. The Hall–Kier alpha value is -2.81. The third-order valence-corrected chi connectivity index (χ3v) is 5.96. The van der Waals surface area contributed by atoms with Crippen molar-refractivity contribution < 1.29 is 14.6 Å². The Balaban J connectivity index is 1.95. The molecule has 0 saturated heterocycles. The summed E-state index contributed by atoms with van der Waals surface area (Å²) in [5, 5.41) is 27.5. The molecule has 0 radical (unpaired) electrons. The summed E-state index contributed by atoms with van der Waals surface area (Å²) >= 11 is 6.70. The first-order valence-corrected chi connectivity index (χ1v) is 10.1. The normalized spacial score (nSPS) is 11.3. The molecule has 1 aromatic carbocycles. The van der Waals surface area contributed by atoms with Gasteiger partial charge in [0, 0.05) is 32.7 Å². The van der Waals surface area contributed by atoms with E-state index in [1.807, 2.05) is 6.07 Å². The molecule has 0 atom stereocenters. The van der Waals surface area contributed by atoms with E-state index in [4.69, 9.17) is 4.74 Å². The molecule has 0 aliphatic heterocycles. The van der Waals surface area contributed by atoms with Crippen LogP contribution in [0.2, 0.25) is 0 Å². The number of nitrogens with zero attached hydrogens (tertiary/aromatic N) is 4. The minimum absolute atomic E-state index is 0.0729. The lowest BCUT2D eigenvalue weighted by Crippen LogP contribution is -2.29. The molecule has 0 fully saturated rings. The van der Waals surface area contributed by atoms with Gasteiger partial charge in [-0.15, -0.1) is 10.2 Å². The van der Waals surface area contributed by atoms with Gasteiger partial charge in [0.05, 0.1) is 12.1 Å². The van der Waals surface area contributed by atoms with Gasteiger partial charge < -0.3 is 19.4 Å². The van der Waals surface area contributed by atoms with Crippen molar-refractivity contribution in [3.63, 3.8) is 0 Å². The van der Waals surface area contributed by atoms with Crippen molar-refractivity contribution >= 4 is 54.4 Å². The van der Waals surface area contributed by atoms with Crippen molar-refractivity contribution in [2.24, 2.45) is 10.2 Å². The van der Waals surface area contributed by atoms with E-state index in [0.29, 0.717) is 26.6 Å². The summed E-state index contributed by atoms with van der Waals surface area (Å²) in [6, 6.07) is 7.12. The number of benzene rings is 1. The van der Waals surface area contributed by atoms with Gasteiger partial charge in [0.25, 0.3) is 11.5 Å². The lowest BCUT2D eigenvalue weighted by Gasteiger charge is -2.14. The van der Waals surface area contributed by atoms with Gasteiger partial charge in [0.2, 0.25) is 5.88 Å². The summed E-state index contributed by atoms with van der Waals surface area (Å²) in [7, 11) is 1.46. The van der Waals surface area contributed by atoms with E-state index < -0.39 is 18.0 Å². The Labute approximate surface area is 187 Å². The summed E-state index contributed by atoms with van der Waals surface area (Å²) < 4.78 is 7.48. The van der Waals surface area contributed by atoms with Gasteiger partial charge in [-0.3, -0.25) is 9.59 Å². The number of fused-ring (bicyclic) bond motifs is 1. The first-order valence-electron chi connectivity index (χ1n) is 8.54. The predicted molar refractivity (Wildman–Crippen MR) is 116 cm³/mol. The summed E-state index contributed by atoms with van der Waals surface area (Å²) in [6.07, 6.45) is 0. The lowest BCUT2D eigenvalue weighted by atomic mass is 10.1. The van der Waals surface area contributed by atoms with Crippen LogP contribution in [0.15, 0.2) is 42.2 Å². The second-order valence-corrected chi connectivity index (χ2v) is 8.00. The molecule has 0 spiro atoms. The molecule has 3 rings (SSSR count). The molecule has 0 aliphatic rings. The number of rotatable bonds is 5. The first-order chi connectivity index (χ1) is 14.3. The number of carbonyl (C=O) groups excluding carboxylic acids is 1. The molecule has 154 valence electrons. The maximum Gasteiger partial charge on any atom is 0.284 e. The van der Waals surface area contributed by atoms with Crippen LogP contribution in [0, 0.1) is 18.3 Å². The SMILES string of the molecule is COCc1c(Br)c(C)n(CC(=O)N=Nc2c(O)[nH]c3ccc(Br)cc23)c(=O)c1C#N. The van der Waals surface area contributed by atoms with Crippen molar-refractivity contribution in [2.75, 3.05) is 7.11 Å². The third-order valence-electron chi connectivity index (χ3n) is 4.42. The number of ether oxygens (including phenoxy) is 1. The number of nitriles is 1. The number of pyridine rings is 1. The number of aromatic hydroxyl groups is 1. The molecule has 1 amide bonds. The highest BCUT2D eigenvalue weighted by Crippen LogP contribution is 2.36. The number of methoxy groups -OCH3 is 1. The van der Waals surface area contributed by atoms with Gasteiger partial charge in [-0.05, 0) is 41.1 Å². The Morgan fingerprint density at radius 2 is 2.13 bits per heavy atom. The average Bonchev–Trinajstić information content (AvgIpc) is 3.02. The molecule has 0 aliphatic carbocycles. The van der Waals surface area contributed by atoms with Crippen LogP contribution in [0.1, 0.15) is 16.8 Å². The van der Waals surface area contributed by atoms with E-state index >= 15 is 0 Å². The van der Waals surface area contributed by atoms with Gasteiger partial charge in [-0.1, -0.05) is 15.9 Å². The van der Waals surface area contributed by atoms with Crippen molar-refractivity contribution in [3.8, 4) is 11.9 Å². The van der Waals surface area contributed by atoms with Crippen molar-refractivity contribution in [2.45, 2.75) is 20.1 Å². The van der Waals surface area contributed by atoms with E-state index in [-0.39, 0.29) is 23.7 Å². The van der Waals surface area contributed by atoms with E-state index in [0.717, 1.165) is 9.04 Å². The van der Waals surface area contributed by atoms with E-state index in [1.165, 1.54) is 7.11 Å². The fraction of sp³-hybridized carbons (Fsp3) is 0.211. The number of carbonyl (C=O) groups is 1. The van der Waals surface area contributed by atoms with Gasteiger partial charge in [0.15, 0.2) is 5.69 Å². The van der Waals surface area contributed by atoms with Crippen LogP contribution in [-0.4, -0.2) is 27.7 Å². The monoisotopic (exact) mass is 535 g/mol. The first kappa shape index (κ1) is 21.9. The lowest BCUT2D eigenvalue weighted by molar-refractivity contribution is -0.118. The van der Waals surface area contributed by atoms with Crippen LogP contribution in [-0.2, 0) is 22.7 Å². The molecule has 0 saturated carbocycles. The predicted octanol–water partition coefficient (Wildman–Crippen LogP) is 4.20. The van der Waals surface area contributed by atoms with Gasteiger partial charge in [-0.2, -0.15) is 5.26 Å². The molecule has 0 unspecified atom stereocenters. The smallest absolute Gasteiger partial charge is 0.284 e. The number of H-pyrrole nitrogens is 1. The molecule has 30 heavy (non-hydrogen) atoms. The number of aromatic amines is 1. The highest BCUT2D eigenvalue weighted by atomic mass is 79.9. The zero-order valence-corrected chi connectivity index (χ0v) is 19.0. The zero-order chi connectivity index (χ0) is 22.0. The second-order valence-electron chi connectivity index (χ2n) is 6.29. The number of hydrogen-bond donors (Lipinski definition) is 2. The van der Waals surface area contributed by atoms with Gasteiger partial charge in [-0.25, -0.2) is 0 Å². The largest absolute Gasteiger partial charge is 0.493 e. The van der Waals surface area contributed by atoms with Crippen molar-refractivity contribution in [3.05, 3.63) is 54.3 Å². The van der Waals surface area contributed by atoms with Crippen molar-refractivity contribution in [1.82, 2.24) is 9.55 Å². The van der Waals surface area contributed by atoms with Crippen LogP contribution < -0.4 is 5.56 Å². The molecule has 11 heteroatoms. The molecule has 3 aromatic rings. The molecule has 0 bridgehead atoms.